The largest absolute Gasteiger partial charge is 0.465 e. The van der Waals surface area contributed by atoms with Crippen LogP contribution in [0.1, 0.15) is 42.6 Å². The summed E-state index contributed by atoms with van der Waals surface area (Å²) in [7, 11) is 1.42. The molecule has 0 bridgehead atoms. The van der Waals surface area contributed by atoms with Crippen molar-refractivity contribution in [1.29, 1.82) is 0 Å². The van der Waals surface area contributed by atoms with Crippen LogP contribution in [0.2, 0.25) is 0 Å². The Kier molecular flexibility index (Phi) is 5.76. The van der Waals surface area contributed by atoms with Crippen molar-refractivity contribution in [2.45, 2.75) is 45.3 Å². The van der Waals surface area contributed by atoms with Gasteiger partial charge in [0, 0.05) is 25.2 Å². The van der Waals surface area contributed by atoms with E-state index in [-0.39, 0.29) is 5.97 Å². The number of carbonyl (C=O) groups excluding carboxylic acids is 1. The number of carbonyl (C=O) groups is 1. The third-order valence-electron chi connectivity index (χ3n) is 4.08. The minimum Gasteiger partial charge on any atom is -0.465 e. The van der Waals surface area contributed by atoms with E-state index >= 15 is 0 Å². The van der Waals surface area contributed by atoms with Gasteiger partial charge in [-0.2, -0.15) is 0 Å². The van der Waals surface area contributed by atoms with Gasteiger partial charge in [0.2, 0.25) is 0 Å². The molecule has 0 aliphatic carbocycles. The number of nitrogens with zero attached hydrogens (tertiary/aromatic N) is 1. The summed E-state index contributed by atoms with van der Waals surface area (Å²) in [6.07, 6.45) is 2.53. The van der Waals surface area contributed by atoms with E-state index in [1.54, 1.807) is 6.07 Å². The van der Waals surface area contributed by atoms with Crippen LogP contribution in [-0.4, -0.2) is 43.2 Å². The fourth-order valence-corrected chi connectivity index (χ4v) is 2.80. The number of hydrogen-bond donors (Lipinski definition) is 1. The molecule has 1 aliphatic rings. The highest BCUT2D eigenvalue weighted by atomic mass is 16.5. The summed E-state index contributed by atoms with van der Waals surface area (Å²) in [6, 6.07) is 8.81. The van der Waals surface area contributed by atoms with Crippen LogP contribution >= 0.6 is 0 Å². The van der Waals surface area contributed by atoms with Crippen LogP contribution in [0.5, 0.6) is 0 Å². The molecule has 1 unspecified atom stereocenters. The summed E-state index contributed by atoms with van der Waals surface area (Å²) in [5, 5.41) is 3.55. The molecule has 4 nitrogen and oxygen atoms in total. The van der Waals surface area contributed by atoms with E-state index in [9.17, 15) is 4.79 Å². The van der Waals surface area contributed by atoms with E-state index < -0.39 is 0 Å². The summed E-state index contributed by atoms with van der Waals surface area (Å²) in [5.74, 6) is -0.273. The van der Waals surface area contributed by atoms with E-state index in [4.69, 9.17) is 4.74 Å². The van der Waals surface area contributed by atoms with Crippen LogP contribution in [0.25, 0.3) is 0 Å². The summed E-state index contributed by atoms with van der Waals surface area (Å²) in [5.41, 5.74) is 1.78. The lowest BCUT2D eigenvalue weighted by Gasteiger charge is -2.29. The Morgan fingerprint density at radius 2 is 2.29 bits per heavy atom. The molecular weight excluding hydrogens is 264 g/mol. The minimum atomic E-state index is -0.273. The average Bonchev–Trinajstić information content (AvgIpc) is 2.99. The standard InChI is InChI=1S/C17H26N2O2/c1-13(2)19(12-16-8-5-9-18-16)11-14-6-4-7-15(10-14)17(20)21-3/h4,6-7,10,13,16,18H,5,8-9,11-12H2,1-3H3. The monoisotopic (exact) mass is 290 g/mol. The van der Waals surface area contributed by atoms with Gasteiger partial charge in [0.1, 0.15) is 0 Å². The highest BCUT2D eigenvalue weighted by molar-refractivity contribution is 5.89. The van der Waals surface area contributed by atoms with Gasteiger partial charge in [-0.25, -0.2) is 4.79 Å². The molecule has 4 heteroatoms. The Morgan fingerprint density at radius 3 is 2.90 bits per heavy atom. The number of methoxy groups -OCH3 is 1. The molecule has 0 spiro atoms. The number of ether oxygens (including phenoxy) is 1. The molecule has 0 saturated carbocycles. The zero-order valence-electron chi connectivity index (χ0n) is 13.3. The van der Waals surface area contributed by atoms with Crippen molar-refractivity contribution in [2.75, 3.05) is 20.2 Å². The van der Waals surface area contributed by atoms with Crippen molar-refractivity contribution in [2.24, 2.45) is 0 Å². The first-order valence-electron chi connectivity index (χ1n) is 7.75. The maximum absolute atomic E-state index is 11.6. The van der Waals surface area contributed by atoms with Crippen molar-refractivity contribution < 1.29 is 9.53 Å². The average molecular weight is 290 g/mol. The molecule has 2 rings (SSSR count). The second-order valence-electron chi connectivity index (χ2n) is 6.01. The van der Waals surface area contributed by atoms with Gasteiger partial charge in [-0.3, -0.25) is 4.90 Å². The molecule has 0 radical (unpaired) electrons. The Labute approximate surface area is 127 Å². The zero-order chi connectivity index (χ0) is 15.2. The molecule has 116 valence electrons. The van der Waals surface area contributed by atoms with Gasteiger partial charge in [-0.05, 0) is 50.9 Å². The van der Waals surface area contributed by atoms with Crippen molar-refractivity contribution in [3.05, 3.63) is 35.4 Å². The molecule has 21 heavy (non-hydrogen) atoms. The van der Waals surface area contributed by atoms with Crippen molar-refractivity contribution in [1.82, 2.24) is 10.2 Å². The first-order valence-corrected chi connectivity index (χ1v) is 7.75. The zero-order valence-corrected chi connectivity index (χ0v) is 13.3. The second kappa shape index (κ2) is 7.57. The van der Waals surface area contributed by atoms with Crippen LogP contribution in [0.15, 0.2) is 24.3 Å². The highest BCUT2D eigenvalue weighted by Gasteiger charge is 2.20. The smallest absolute Gasteiger partial charge is 0.337 e. The first kappa shape index (κ1) is 16.0. The topological polar surface area (TPSA) is 41.6 Å². The Hall–Kier alpha value is -1.39. The fourth-order valence-electron chi connectivity index (χ4n) is 2.80. The van der Waals surface area contributed by atoms with Gasteiger partial charge in [-0.15, -0.1) is 0 Å². The molecular formula is C17H26N2O2. The van der Waals surface area contributed by atoms with Gasteiger partial charge in [0.25, 0.3) is 0 Å². The molecule has 1 fully saturated rings. The van der Waals surface area contributed by atoms with Crippen molar-refractivity contribution in [3.8, 4) is 0 Å². The third kappa shape index (κ3) is 4.55. The lowest BCUT2D eigenvalue weighted by Crippen LogP contribution is -2.40. The number of rotatable bonds is 6. The van der Waals surface area contributed by atoms with Crippen LogP contribution in [0, 0.1) is 0 Å². The summed E-state index contributed by atoms with van der Waals surface area (Å²) < 4.78 is 4.79. The van der Waals surface area contributed by atoms with Gasteiger partial charge in [-0.1, -0.05) is 12.1 Å². The van der Waals surface area contributed by atoms with Crippen LogP contribution in [0.3, 0.4) is 0 Å². The van der Waals surface area contributed by atoms with Crippen LogP contribution in [-0.2, 0) is 11.3 Å². The first-order chi connectivity index (χ1) is 10.1. The Bertz CT molecular complexity index is 468. The number of hydrogen-bond acceptors (Lipinski definition) is 4. The highest BCUT2D eigenvalue weighted by Crippen LogP contribution is 2.14. The maximum atomic E-state index is 11.6. The summed E-state index contributed by atoms with van der Waals surface area (Å²) in [4.78, 5) is 14.1. The third-order valence-corrected chi connectivity index (χ3v) is 4.08. The molecule has 0 aromatic heterocycles. The van der Waals surface area contributed by atoms with Gasteiger partial charge in [0.05, 0.1) is 12.7 Å². The minimum absolute atomic E-state index is 0.273. The molecule has 1 aliphatic heterocycles. The molecule has 1 aromatic rings. The second-order valence-corrected chi connectivity index (χ2v) is 6.01. The molecule has 1 saturated heterocycles. The van der Waals surface area contributed by atoms with Gasteiger partial charge in [0.15, 0.2) is 0 Å². The van der Waals surface area contributed by atoms with Crippen LogP contribution < -0.4 is 5.32 Å². The maximum Gasteiger partial charge on any atom is 0.337 e. The molecule has 1 aromatic carbocycles. The van der Waals surface area contributed by atoms with E-state index in [0.717, 1.165) is 25.2 Å². The normalized spacial score (nSPS) is 18.4. The van der Waals surface area contributed by atoms with Crippen molar-refractivity contribution in [3.63, 3.8) is 0 Å². The predicted octanol–water partition coefficient (Wildman–Crippen LogP) is 2.44. The van der Waals surface area contributed by atoms with E-state index in [0.29, 0.717) is 17.6 Å². The lowest BCUT2D eigenvalue weighted by atomic mass is 10.1. The van der Waals surface area contributed by atoms with E-state index in [1.807, 2.05) is 12.1 Å². The molecule has 1 atom stereocenters. The number of esters is 1. The SMILES string of the molecule is COC(=O)c1cccc(CN(CC2CCCN2)C(C)C)c1. The fraction of sp³-hybridized carbons (Fsp3) is 0.588. The van der Waals surface area contributed by atoms with E-state index in [1.165, 1.54) is 20.0 Å². The summed E-state index contributed by atoms with van der Waals surface area (Å²) in [6.45, 7) is 7.49. The van der Waals surface area contributed by atoms with Crippen molar-refractivity contribution >= 4 is 5.97 Å². The Balaban J connectivity index is 2.03. The lowest BCUT2D eigenvalue weighted by molar-refractivity contribution is 0.0600. The molecule has 1 N–H and O–H groups in total. The molecule has 1 heterocycles. The molecule has 0 amide bonds. The van der Waals surface area contributed by atoms with E-state index in [2.05, 4.69) is 30.1 Å². The number of benzene rings is 1. The van der Waals surface area contributed by atoms with Gasteiger partial charge >= 0.3 is 5.97 Å². The summed E-state index contributed by atoms with van der Waals surface area (Å²) >= 11 is 0. The predicted molar refractivity (Wildman–Crippen MR) is 84.4 cm³/mol. The number of nitrogens with one attached hydrogen (secondary N) is 1. The van der Waals surface area contributed by atoms with Crippen LogP contribution in [0.4, 0.5) is 0 Å². The quantitative estimate of drug-likeness (QED) is 0.817. The van der Waals surface area contributed by atoms with Gasteiger partial charge < -0.3 is 10.1 Å². The Morgan fingerprint density at radius 1 is 1.48 bits per heavy atom.